The predicted molar refractivity (Wildman–Crippen MR) is 104 cm³/mol. The summed E-state index contributed by atoms with van der Waals surface area (Å²) in [5.74, 6) is 0.277. The highest BCUT2D eigenvalue weighted by Crippen LogP contribution is 2.43. The Morgan fingerprint density at radius 1 is 1.32 bits per heavy atom. The Labute approximate surface area is 162 Å². The van der Waals surface area contributed by atoms with Crippen LogP contribution in [0.25, 0.3) is 0 Å². The minimum atomic E-state index is -4.09. The normalized spacial score (nSPS) is 23.3. The third-order valence-corrected chi connectivity index (χ3v) is 6.61. The van der Waals surface area contributed by atoms with Crippen LogP contribution in [-0.4, -0.2) is 41.4 Å². The highest BCUT2D eigenvalue weighted by atomic mass is 35.5. The monoisotopic (exact) mass is 425 g/mol. The van der Waals surface area contributed by atoms with Gasteiger partial charge in [0.05, 0.1) is 15.8 Å². The van der Waals surface area contributed by atoms with Crippen molar-refractivity contribution in [2.45, 2.75) is 50.4 Å². The number of sulfonamides is 1. The van der Waals surface area contributed by atoms with Crippen LogP contribution in [0.2, 0.25) is 10.0 Å². The number of aliphatic hydroxyl groups is 1. The molecule has 1 fully saturated rings. The van der Waals surface area contributed by atoms with Crippen molar-refractivity contribution < 1.29 is 13.5 Å². The fourth-order valence-corrected chi connectivity index (χ4v) is 5.44. The van der Waals surface area contributed by atoms with Crippen LogP contribution in [0.5, 0.6) is 0 Å². The second-order valence-corrected chi connectivity index (χ2v) is 9.65. The summed E-state index contributed by atoms with van der Waals surface area (Å²) in [6, 6.07) is 2.72. The van der Waals surface area contributed by atoms with E-state index < -0.39 is 15.7 Å². The zero-order chi connectivity index (χ0) is 19.2. The summed E-state index contributed by atoms with van der Waals surface area (Å²) in [5, 5.41) is 17.1. The molecule has 0 aromatic heterocycles. The Morgan fingerprint density at radius 2 is 1.92 bits per heavy atom. The first-order valence-electron chi connectivity index (χ1n) is 7.62. The molecule has 25 heavy (non-hydrogen) atoms. The van der Waals surface area contributed by atoms with Crippen LogP contribution in [0.3, 0.4) is 0 Å². The van der Waals surface area contributed by atoms with Crippen molar-refractivity contribution in [3.63, 3.8) is 0 Å². The maximum absolute atomic E-state index is 11.8. The highest BCUT2D eigenvalue weighted by Gasteiger charge is 2.46. The van der Waals surface area contributed by atoms with Crippen molar-refractivity contribution in [3.8, 4) is 0 Å². The molecule has 1 aromatic carbocycles. The number of thioether (sulfide) groups is 1. The number of aliphatic imine (C=N–C) groups is 1. The maximum atomic E-state index is 11.8. The number of primary sulfonamides is 1. The van der Waals surface area contributed by atoms with Crippen LogP contribution in [-0.2, 0) is 15.7 Å². The summed E-state index contributed by atoms with van der Waals surface area (Å²) in [4.78, 5) is 6.00. The number of nitrogens with zero attached hydrogens (tertiary/aromatic N) is 2. The molecular formula is C15H21Cl2N3O3S2. The first-order chi connectivity index (χ1) is 11.4. The number of rotatable bonds is 4. The Hall–Kier alpha value is -0.510. The molecule has 1 aliphatic heterocycles. The van der Waals surface area contributed by atoms with Gasteiger partial charge < -0.3 is 10.0 Å². The van der Waals surface area contributed by atoms with Gasteiger partial charge in [-0.1, -0.05) is 35.0 Å². The van der Waals surface area contributed by atoms with Crippen molar-refractivity contribution in [1.29, 1.82) is 0 Å². The second-order valence-electron chi connectivity index (χ2n) is 6.39. The van der Waals surface area contributed by atoms with Gasteiger partial charge in [0.25, 0.3) is 0 Å². The summed E-state index contributed by atoms with van der Waals surface area (Å²) in [6.45, 7) is 7.74. The number of hydrogen-bond acceptors (Lipinski definition) is 5. The van der Waals surface area contributed by atoms with E-state index in [-0.39, 0.29) is 32.8 Å². The van der Waals surface area contributed by atoms with E-state index in [1.165, 1.54) is 23.9 Å². The molecule has 1 atom stereocenters. The Morgan fingerprint density at radius 3 is 2.40 bits per heavy atom. The topological polar surface area (TPSA) is 96.0 Å². The molecule has 1 aliphatic rings. The summed E-state index contributed by atoms with van der Waals surface area (Å²) >= 11 is 13.5. The van der Waals surface area contributed by atoms with Gasteiger partial charge in [0, 0.05) is 17.6 Å². The van der Waals surface area contributed by atoms with E-state index in [9.17, 15) is 13.5 Å². The van der Waals surface area contributed by atoms with E-state index in [4.69, 9.17) is 28.3 Å². The third kappa shape index (κ3) is 4.09. The summed E-state index contributed by atoms with van der Waals surface area (Å²) < 4.78 is 23.6. The molecule has 0 aliphatic carbocycles. The molecule has 2 rings (SSSR count). The fraction of sp³-hybridized carbons (Fsp3) is 0.533. The fourth-order valence-electron chi connectivity index (χ4n) is 2.66. The van der Waals surface area contributed by atoms with Crippen LogP contribution in [0.15, 0.2) is 22.0 Å². The largest absolute Gasteiger partial charge is 0.366 e. The number of halogens is 2. The van der Waals surface area contributed by atoms with Gasteiger partial charge in [-0.3, -0.25) is 4.99 Å². The molecule has 0 amide bonds. The highest BCUT2D eigenvalue weighted by molar-refractivity contribution is 8.14. The van der Waals surface area contributed by atoms with Gasteiger partial charge in [0.1, 0.15) is 4.90 Å². The molecule has 6 nitrogen and oxygen atoms in total. The number of benzene rings is 1. The van der Waals surface area contributed by atoms with Crippen LogP contribution in [0.4, 0.5) is 0 Å². The molecule has 1 aromatic rings. The SMILES string of the molecule is CC(C)N=C1SCC(O)(c2cc(Cl)c(Cl)c(S(N)(=O)=O)c2)N1C(C)C. The van der Waals surface area contributed by atoms with Gasteiger partial charge in [0.15, 0.2) is 10.9 Å². The zero-order valence-electron chi connectivity index (χ0n) is 14.3. The van der Waals surface area contributed by atoms with E-state index >= 15 is 0 Å². The number of hydrogen-bond donors (Lipinski definition) is 2. The van der Waals surface area contributed by atoms with Crippen molar-refractivity contribution >= 4 is 50.2 Å². The van der Waals surface area contributed by atoms with Gasteiger partial charge in [-0.05, 0) is 39.8 Å². The first kappa shape index (κ1) is 20.8. The molecule has 0 saturated carbocycles. The minimum absolute atomic E-state index is 0.0135. The van der Waals surface area contributed by atoms with E-state index in [0.29, 0.717) is 10.7 Å². The average molecular weight is 426 g/mol. The third-order valence-electron chi connectivity index (χ3n) is 3.66. The molecule has 10 heteroatoms. The molecular weight excluding hydrogens is 405 g/mol. The second kappa shape index (κ2) is 7.25. The van der Waals surface area contributed by atoms with Crippen molar-refractivity contribution in [2.24, 2.45) is 10.1 Å². The van der Waals surface area contributed by atoms with Crippen LogP contribution >= 0.6 is 35.0 Å². The van der Waals surface area contributed by atoms with Crippen molar-refractivity contribution in [2.75, 3.05) is 5.75 Å². The van der Waals surface area contributed by atoms with Gasteiger partial charge in [-0.2, -0.15) is 0 Å². The summed E-state index contributed by atoms with van der Waals surface area (Å²) in [6.07, 6.45) is 0. The van der Waals surface area contributed by atoms with E-state index in [2.05, 4.69) is 4.99 Å². The first-order valence-corrected chi connectivity index (χ1v) is 10.9. The molecule has 0 radical (unpaired) electrons. The lowest BCUT2D eigenvalue weighted by Gasteiger charge is -2.38. The molecule has 1 unspecified atom stereocenters. The van der Waals surface area contributed by atoms with Crippen LogP contribution < -0.4 is 5.14 Å². The lowest BCUT2D eigenvalue weighted by Crippen LogP contribution is -2.49. The number of amidine groups is 1. The average Bonchev–Trinajstić information content (AvgIpc) is 2.77. The van der Waals surface area contributed by atoms with Crippen LogP contribution in [0.1, 0.15) is 33.3 Å². The molecule has 1 heterocycles. The smallest absolute Gasteiger partial charge is 0.239 e. The predicted octanol–water partition coefficient (Wildman–Crippen LogP) is 3.01. The Kier molecular flexibility index (Phi) is 6.03. The minimum Gasteiger partial charge on any atom is -0.366 e. The van der Waals surface area contributed by atoms with Crippen molar-refractivity contribution in [1.82, 2.24) is 4.90 Å². The summed E-state index contributed by atoms with van der Waals surface area (Å²) in [5.41, 5.74) is -1.17. The molecule has 140 valence electrons. The molecule has 0 bridgehead atoms. The molecule has 3 N–H and O–H groups in total. The number of nitrogens with two attached hydrogens (primary N) is 1. The maximum Gasteiger partial charge on any atom is 0.239 e. The van der Waals surface area contributed by atoms with Gasteiger partial charge >= 0.3 is 0 Å². The van der Waals surface area contributed by atoms with Crippen LogP contribution in [0, 0.1) is 0 Å². The quantitative estimate of drug-likeness (QED) is 0.772. The zero-order valence-corrected chi connectivity index (χ0v) is 17.5. The lowest BCUT2D eigenvalue weighted by atomic mass is 10.0. The molecule has 1 saturated heterocycles. The van der Waals surface area contributed by atoms with E-state index in [1.807, 2.05) is 27.7 Å². The van der Waals surface area contributed by atoms with E-state index in [1.54, 1.807) is 4.90 Å². The summed E-state index contributed by atoms with van der Waals surface area (Å²) in [7, 11) is -4.09. The van der Waals surface area contributed by atoms with Gasteiger partial charge in [0.2, 0.25) is 10.0 Å². The lowest BCUT2D eigenvalue weighted by molar-refractivity contribution is -0.0618. The Bertz CT molecular complexity index is 812. The van der Waals surface area contributed by atoms with Gasteiger partial charge in [-0.25, -0.2) is 13.6 Å². The van der Waals surface area contributed by atoms with Crippen molar-refractivity contribution in [3.05, 3.63) is 27.7 Å². The standard InChI is InChI=1S/C15H21Cl2N3O3S2/c1-8(2)19-14-20(9(3)4)15(21,7-24-14)10-5-11(16)13(17)12(6-10)25(18,22)23/h5-6,8-9,21H,7H2,1-4H3,(H2,18,22,23). The molecule has 0 spiro atoms. The van der Waals surface area contributed by atoms with E-state index in [0.717, 1.165) is 0 Å². The Balaban J connectivity index is 2.66. The van der Waals surface area contributed by atoms with Gasteiger partial charge in [-0.15, -0.1) is 0 Å².